The van der Waals surface area contributed by atoms with Crippen molar-refractivity contribution in [2.24, 2.45) is 5.92 Å². The van der Waals surface area contributed by atoms with Crippen LogP contribution < -0.4 is 0 Å². The van der Waals surface area contributed by atoms with Crippen molar-refractivity contribution in [1.82, 2.24) is 0 Å². The molecule has 0 spiro atoms. The van der Waals surface area contributed by atoms with Crippen LogP contribution in [-0.4, -0.2) is 35.6 Å². The molecule has 0 bridgehead atoms. The normalized spacial score (nSPS) is 35.2. The molecule has 0 aromatic carbocycles. The summed E-state index contributed by atoms with van der Waals surface area (Å²) in [4.78, 5) is 0. The number of aliphatic hydroxyl groups excluding tert-OH is 2. The number of ether oxygens (including phenoxy) is 1. The van der Waals surface area contributed by atoms with Crippen LogP contribution in [0.15, 0.2) is 0 Å². The van der Waals surface area contributed by atoms with Gasteiger partial charge < -0.3 is 14.9 Å². The highest BCUT2D eigenvalue weighted by atomic mass is 16.5. The maximum absolute atomic E-state index is 9.29. The average molecular weight is 176 g/mol. The monoisotopic (exact) mass is 176 g/mol. The van der Waals surface area contributed by atoms with E-state index in [-0.39, 0.29) is 24.7 Å². The number of hydrogen-bond acceptors (Lipinski definition) is 3. The molecule has 0 aliphatic carbocycles. The van der Waals surface area contributed by atoms with Gasteiger partial charge in [-0.15, -0.1) is 0 Å². The SMILES string of the molecule is CC.CC1COC(CO)CC1O. The minimum atomic E-state index is -0.300. The topological polar surface area (TPSA) is 49.7 Å². The Morgan fingerprint density at radius 3 is 2.42 bits per heavy atom. The summed E-state index contributed by atoms with van der Waals surface area (Å²) in [6, 6.07) is 0. The van der Waals surface area contributed by atoms with E-state index in [9.17, 15) is 5.11 Å². The molecule has 0 amide bonds. The second-order valence-corrected chi connectivity index (χ2v) is 2.92. The minimum absolute atomic E-state index is 0.0176. The van der Waals surface area contributed by atoms with E-state index in [0.29, 0.717) is 13.0 Å². The van der Waals surface area contributed by atoms with Crippen molar-refractivity contribution in [3.63, 3.8) is 0 Å². The number of aliphatic hydroxyl groups is 2. The minimum Gasteiger partial charge on any atom is -0.394 e. The van der Waals surface area contributed by atoms with Gasteiger partial charge in [0, 0.05) is 12.3 Å². The molecule has 0 aromatic heterocycles. The molecule has 1 aliphatic heterocycles. The van der Waals surface area contributed by atoms with E-state index in [1.807, 2.05) is 20.8 Å². The van der Waals surface area contributed by atoms with Crippen molar-refractivity contribution in [2.45, 2.75) is 39.4 Å². The maximum atomic E-state index is 9.29. The summed E-state index contributed by atoms with van der Waals surface area (Å²) < 4.78 is 5.20. The molecule has 2 N–H and O–H groups in total. The molecule has 1 rings (SSSR count). The van der Waals surface area contributed by atoms with Gasteiger partial charge in [0.15, 0.2) is 0 Å². The van der Waals surface area contributed by atoms with E-state index in [0.717, 1.165) is 0 Å². The van der Waals surface area contributed by atoms with Gasteiger partial charge in [0.05, 0.1) is 25.4 Å². The summed E-state index contributed by atoms with van der Waals surface area (Å²) in [5.41, 5.74) is 0. The first-order chi connectivity index (χ1) is 5.74. The number of rotatable bonds is 1. The van der Waals surface area contributed by atoms with Crippen LogP contribution in [0.2, 0.25) is 0 Å². The Labute approximate surface area is 74.4 Å². The van der Waals surface area contributed by atoms with Gasteiger partial charge in [0.2, 0.25) is 0 Å². The molecule has 1 fully saturated rings. The van der Waals surface area contributed by atoms with E-state index in [1.165, 1.54) is 0 Å². The molecule has 1 heterocycles. The first-order valence-electron chi connectivity index (χ1n) is 4.64. The molecule has 0 aromatic rings. The molecule has 12 heavy (non-hydrogen) atoms. The highest BCUT2D eigenvalue weighted by Gasteiger charge is 2.25. The van der Waals surface area contributed by atoms with Crippen LogP contribution in [0.5, 0.6) is 0 Å². The highest BCUT2D eigenvalue weighted by Crippen LogP contribution is 2.18. The van der Waals surface area contributed by atoms with E-state index in [1.54, 1.807) is 0 Å². The Morgan fingerprint density at radius 1 is 1.42 bits per heavy atom. The van der Waals surface area contributed by atoms with Crippen molar-refractivity contribution in [1.29, 1.82) is 0 Å². The predicted octanol–water partition coefficient (Wildman–Crippen LogP) is 0.791. The van der Waals surface area contributed by atoms with Gasteiger partial charge in [0.25, 0.3) is 0 Å². The fourth-order valence-electron chi connectivity index (χ4n) is 1.10. The van der Waals surface area contributed by atoms with E-state index in [4.69, 9.17) is 9.84 Å². The molecule has 0 saturated carbocycles. The Balaban J connectivity index is 0.000000561. The third-order valence-electron chi connectivity index (χ3n) is 1.96. The van der Waals surface area contributed by atoms with Gasteiger partial charge in [-0.05, 0) is 0 Å². The fraction of sp³-hybridized carbons (Fsp3) is 1.00. The summed E-state index contributed by atoms with van der Waals surface area (Å²) in [6.45, 7) is 6.52. The number of hydrogen-bond donors (Lipinski definition) is 2. The van der Waals surface area contributed by atoms with E-state index >= 15 is 0 Å². The van der Waals surface area contributed by atoms with Crippen LogP contribution in [0, 0.1) is 5.92 Å². The van der Waals surface area contributed by atoms with Crippen molar-refractivity contribution in [3.8, 4) is 0 Å². The Morgan fingerprint density at radius 2 is 2.00 bits per heavy atom. The van der Waals surface area contributed by atoms with Crippen molar-refractivity contribution in [2.75, 3.05) is 13.2 Å². The first kappa shape index (κ1) is 11.9. The third-order valence-corrected chi connectivity index (χ3v) is 1.96. The fourth-order valence-corrected chi connectivity index (χ4v) is 1.10. The van der Waals surface area contributed by atoms with Crippen LogP contribution in [0.4, 0.5) is 0 Å². The molecule has 3 nitrogen and oxygen atoms in total. The zero-order valence-corrected chi connectivity index (χ0v) is 8.16. The molecule has 3 atom stereocenters. The lowest BCUT2D eigenvalue weighted by Gasteiger charge is -2.30. The smallest absolute Gasteiger partial charge is 0.0830 e. The molecular formula is C9H20O3. The van der Waals surface area contributed by atoms with Crippen LogP contribution >= 0.6 is 0 Å². The molecule has 3 unspecified atom stereocenters. The van der Waals surface area contributed by atoms with Crippen molar-refractivity contribution >= 4 is 0 Å². The van der Waals surface area contributed by atoms with Crippen LogP contribution in [-0.2, 0) is 4.74 Å². The van der Waals surface area contributed by atoms with Gasteiger partial charge in [-0.25, -0.2) is 0 Å². The van der Waals surface area contributed by atoms with Crippen LogP contribution in [0.1, 0.15) is 27.2 Å². The summed E-state index contributed by atoms with van der Waals surface area (Å²) in [6.07, 6.45) is 0.120. The van der Waals surface area contributed by atoms with Gasteiger partial charge >= 0.3 is 0 Å². The third kappa shape index (κ3) is 3.52. The Hall–Kier alpha value is -0.120. The van der Waals surface area contributed by atoms with Gasteiger partial charge in [-0.3, -0.25) is 0 Å². The van der Waals surface area contributed by atoms with E-state index < -0.39 is 0 Å². The van der Waals surface area contributed by atoms with Crippen LogP contribution in [0.3, 0.4) is 0 Å². The first-order valence-corrected chi connectivity index (χ1v) is 4.64. The highest BCUT2D eigenvalue weighted by molar-refractivity contribution is 4.74. The van der Waals surface area contributed by atoms with Crippen molar-refractivity contribution < 1.29 is 14.9 Å². The lowest BCUT2D eigenvalue weighted by atomic mass is 9.97. The second kappa shape index (κ2) is 6.40. The zero-order valence-electron chi connectivity index (χ0n) is 8.16. The molecule has 1 aliphatic rings. The summed E-state index contributed by atoms with van der Waals surface area (Å²) in [5, 5.41) is 17.9. The van der Waals surface area contributed by atoms with Crippen LogP contribution in [0.25, 0.3) is 0 Å². The second-order valence-electron chi connectivity index (χ2n) is 2.92. The maximum Gasteiger partial charge on any atom is 0.0830 e. The quantitative estimate of drug-likeness (QED) is 0.621. The zero-order chi connectivity index (χ0) is 9.56. The summed E-state index contributed by atoms with van der Waals surface area (Å²) in [7, 11) is 0. The van der Waals surface area contributed by atoms with E-state index in [2.05, 4.69) is 0 Å². The van der Waals surface area contributed by atoms with Gasteiger partial charge in [-0.2, -0.15) is 0 Å². The Kier molecular flexibility index (Phi) is 6.34. The lowest BCUT2D eigenvalue weighted by Crippen LogP contribution is -2.37. The standard InChI is InChI=1S/C7H14O3.C2H6/c1-5-4-10-6(3-8)2-7(5)9;1-2/h5-9H,2-4H2,1H3;1-2H3. The summed E-state index contributed by atoms with van der Waals surface area (Å²) in [5.74, 6) is 0.211. The average Bonchev–Trinajstić information content (AvgIpc) is 2.13. The molecule has 3 heteroatoms. The summed E-state index contributed by atoms with van der Waals surface area (Å²) >= 11 is 0. The predicted molar refractivity (Wildman–Crippen MR) is 48.0 cm³/mol. The Bertz CT molecular complexity index is 106. The molecular weight excluding hydrogens is 156 g/mol. The molecule has 1 saturated heterocycles. The lowest BCUT2D eigenvalue weighted by molar-refractivity contribution is -0.0937. The molecule has 74 valence electrons. The largest absolute Gasteiger partial charge is 0.394 e. The van der Waals surface area contributed by atoms with Crippen molar-refractivity contribution in [3.05, 3.63) is 0 Å². The molecule has 0 radical (unpaired) electrons. The van der Waals surface area contributed by atoms with Gasteiger partial charge in [0.1, 0.15) is 0 Å². The van der Waals surface area contributed by atoms with Gasteiger partial charge in [-0.1, -0.05) is 20.8 Å².